The van der Waals surface area contributed by atoms with E-state index in [4.69, 9.17) is 9.47 Å². The van der Waals surface area contributed by atoms with Gasteiger partial charge in [0.2, 0.25) is 0 Å². The van der Waals surface area contributed by atoms with E-state index in [1.54, 1.807) is 13.0 Å². The molecule has 1 aromatic carbocycles. The quantitative estimate of drug-likeness (QED) is 0.449. The van der Waals surface area contributed by atoms with Crippen LogP contribution in [0.1, 0.15) is 38.2 Å². The van der Waals surface area contributed by atoms with Crippen molar-refractivity contribution in [3.05, 3.63) is 35.4 Å². The van der Waals surface area contributed by atoms with Crippen molar-refractivity contribution in [2.75, 3.05) is 31.7 Å². The Bertz CT molecular complexity index is 623. The van der Waals surface area contributed by atoms with E-state index >= 15 is 0 Å². The Morgan fingerprint density at radius 3 is 2.44 bits per heavy atom. The minimum atomic E-state index is -0.622. The number of carbonyl (C=O) groups excluding carboxylic acids is 1. The largest absolute Gasteiger partial charge is 0.456 e. The number of esters is 1. The van der Waals surface area contributed by atoms with Gasteiger partial charge < -0.3 is 14.4 Å². The third-order valence-corrected chi connectivity index (χ3v) is 4.23. The molecule has 0 bridgehead atoms. The van der Waals surface area contributed by atoms with Crippen molar-refractivity contribution in [2.24, 2.45) is 0 Å². The van der Waals surface area contributed by atoms with Crippen LogP contribution in [0.15, 0.2) is 29.8 Å². The fraction of sp³-hybridized carbons (Fsp3) is 0.500. The topological polar surface area (TPSA) is 62.6 Å². The number of hydrogen-bond donors (Lipinski definition) is 0. The van der Waals surface area contributed by atoms with Crippen LogP contribution in [-0.4, -0.2) is 38.9 Å². The minimum absolute atomic E-state index is 0.00882. The predicted molar refractivity (Wildman–Crippen MR) is 98.1 cm³/mol. The smallest absolute Gasteiger partial charge is 0.349 e. The van der Waals surface area contributed by atoms with Gasteiger partial charge in [0.05, 0.1) is 6.61 Å². The van der Waals surface area contributed by atoms with Gasteiger partial charge in [-0.05, 0) is 43.5 Å². The maximum Gasteiger partial charge on any atom is 0.349 e. The molecule has 0 spiro atoms. The highest BCUT2D eigenvalue weighted by Crippen LogP contribution is 2.21. The van der Waals surface area contributed by atoms with Crippen molar-refractivity contribution in [1.29, 1.82) is 5.26 Å². The van der Waals surface area contributed by atoms with E-state index in [1.807, 2.05) is 30.3 Å². The lowest BCUT2D eigenvalue weighted by atomic mass is 10.1. The van der Waals surface area contributed by atoms with Gasteiger partial charge in [-0.3, -0.25) is 0 Å². The van der Waals surface area contributed by atoms with Crippen molar-refractivity contribution in [2.45, 2.75) is 38.7 Å². The predicted octanol–water partition coefficient (Wildman–Crippen LogP) is 3.55. The van der Waals surface area contributed by atoms with Crippen LogP contribution in [0.5, 0.6) is 0 Å². The van der Waals surface area contributed by atoms with E-state index < -0.39 is 5.97 Å². The molecule has 1 atom stereocenters. The summed E-state index contributed by atoms with van der Waals surface area (Å²) in [4.78, 5) is 14.4. The van der Waals surface area contributed by atoms with E-state index in [0.717, 1.165) is 18.7 Å². The molecule has 5 nitrogen and oxygen atoms in total. The molecule has 0 saturated carbocycles. The van der Waals surface area contributed by atoms with Crippen LogP contribution >= 0.6 is 0 Å². The third-order valence-electron chi connectivity index (χ3n) is 4.23. The van der Waals surface area contributed by atoms with Crippen LogP contribution in [-0.2, 0) is 14.3 Å². The number of ether oxygens (including phenoxy) is 2. The standard InChI is InChI=1S/C20H26N2O3/c1-16(15-24-2)25-20(23)18(14-21)13-17-7-9-19(10-8-17)22-11-5-3-4-6-12-22/h7-10,13,16H,3-6,11-12,15H2,1-2H3/b18-13+/t16-/m1/s1. The number of anilines is 1. The lowest BCUT2D eigenvalue weighted by Crippen LogP contribution is -2.23. The number of benzene rings is 1. The highest BCUT2D eigenvalue weighted by molar-refractivity contribution is 5.98. The van der Waals surface area contributed by atoms with Crippen LogP contribution in [0.25, 0.3) is 6.08 Å². The van der Waals surface area contributed by atoms with Gasteiger partial charge in [0.15, 0.2) is 0 Å². The van der Waals surface area contributed by atoms with Crippen molar-refractivity contribution in [1.82, 2.24) is 0 Å². The molecule has 0 radical (unpaired) electrons. The van der Waals surface area contributed by atoms with Gasteiger partial charge in [-0.1, -0.05) is 25.0 Å². The van der Waals surface area contributed by atoms with Gasteiger partial charge in [0.25, 0.3) is 0 Å². The van der Waals surface area contributed by atoms with Gasteiger partial charge in [0, 0.05) is 25.9 Å². The second kappa shape index (κ2) is 9.85. The second-order valence-corrected chi connectivity index (χ2v) is 6.33. The Morgan fingerprint density at radius 1 is 1.24 bits per heavy atom. The summed E-state index contributed by atoms with van der Waals surface area (Å²) in [6.45, 7) is 4.20. The molecule has 0 unspecified atom stereocenters. The maximum absolute atomic E-state index is 12.0. The highest BCUT2D eigenvalue weighted by atomic mass is 16.6. The fourth-order valence-electron chi connectivity index (χ4n) is 2.93. The monoisotopic (exact) mass is 342 g/mol. The van der Waals surface area contributed by atoms with E-state index in [-0.39, 0.29) is 11.7 Å². The SMILES string of the molecule is COC[C@@H](C)OC(=O)/C(C#N)=C/c1ccc(N2CCCCCC2)cc1. The van der Waals surface area contributed by atoms with E-state index in [2.05, 4.69) is 4.90 Å². The molecule has 1 aliphatic heterocycles. The summed E-state index contributed by atoms with van der Waals surface area (Å²) in [5, 5.41) is 9.23. The zero-order chi connectivity index (χ0) is 18.1. The van der Waals surface area contributed by atoms with Gasteiger partial charge in [0.1, 0.15) is 17.7 Å². The van der Waals surface area contributed by atoms with E-state index in [9.17, 15) is 10.1 Å². The number of nitrogens with zero attached hydrogens (tertiary/aromatic N) is 2. The number of nitriles is 1. The average Bonchev–Trinajstić information content (AvgIpc) is 2.89. The van der Waals surface area contributed by atoms with Crippen LogP contribution in [0.4, 0.5) is 5.69 Å². The Labute approximate surface area is 149 Å². The highest BCUT2D eigenvalue weighted by Gasteiger charge is 2.15. The van der Waals surface area contributed by atoms with Gasteiger partial charge in [-0.2, -0.15) is 5.26 Å². The number of methoxy groups -OCH3 is 1. The zero-order valence-electron chi connectivity index (χ0n) is 15.0. The van der Waals surface area contributed by atoms with Crippen LogP contribution in [0.3, 0.4) is 0 Å². The summed E-state index contributed by atoms with van der Waals surface area (Å²) >= 11 is 0. The van der Waals surface area contributed by atoms with Crippen LogP contribution in [0, 0.1) is 11.3 Å². The molecule has 2 rings (SSSR count). The van der Waals surface area contributed by atoms with Crippen LogP contribution in [0.2, 0.25) is 0 Å². The number of carbonyl (C=O) groups is 1. The summed E-state index contributed by atoms with van der Waals surface area (Å²) in [6.07, 6.45) is 6.23. The normalized spacial score (nSPS) is 16.7. The van der Waals surface area contributed by atoms with E-state index in [1.165, 1.54) is 38.5 Å². The van der Waals surface area contributed by atoms with Gasteiger partial charge in [-0.25, -0.2) is 4.79 Å². The molecule has 1 aromatic rings. The molecule has 134 valence electrons. The molecule has 1 aliphatic rings. The van der Waals surface area contributed by atoms with Crippen molar-refractivity contribution in [3.8, 4) is 6.07 Å². The molecule has 0 amide bonds. The summed E-state index contributed by atoms with van der Waals surface area (Å²) < 4.78 is 10.1. The molecule has 1 saturated heterocycles. The first-order chi connectivity index (χ1) is 12.1. The van der Waals surface area contributed by atoms with Crippen molar-refractivity contribution >= 4 is 17.7 Å². The average molecular weight is 342 g/mol. The zero-order valence-corrected chi connectivity index (χ0v) is 15.0. The second-order valence-electron chi connectivity index (χ2n) is 6.33. The molecule has 1 heterocycles. The molecule has 25 heavy (non-hydrogen) atoms. The molecule has 0 N–H and O–H groups in total. The number of rotatable bonds is 6. The van der Waals surface area contributed by atoms with Crippen molar-refractivity contribution < 1.29 is 14.3 Å². The Kier molecular flexibility index (Phi) is 7.49. The van der Waals surface area contributed by atoms with E-state index in [0.29, 0.717) is 6.61 Å². The molecule has 0 aliphatic carbocycles. The summed E-state index contributed by atoms with van der Waals surface area (Å²) in [5.41, 5.74) is 1.99. The number of hydrogen-bond acceptors (Lipinski definition) is 5. The summed E-state index contributed by atoms with van der Waals surface area (Å²) in [5.74, 6) is -0.622. The fourth-order valence-corrected chi connectivity index (χ4v) is 2.93. The van der Waals surface area contributed by atoms with Gasteiger partial charge in [-0.15, -0.1) is 0 Å². The first kappa shape index (κ1) is 19.0. The lowest BCUT2D eigenvalue weighted by Gasteiger charge is -2.22. The Morgan fingerprint density at radius 2 is 1.88 bits per heavy atom. The third kappa shape index (κ3) is 5.91. The first-order valence-electron chi connectivity index (χ1n) is 8.80. The van der Waals surface area contributed by atoms with Crippen molar-refractivity contribution in [3.63, 3.8) is 0 Å². The molecule has 0 aromatic heterocycles. The molecular weight excluding hydrogens is 316 g/mol. The Hall–Kier alpha value is -2.32. The first-order valence-corrected chi connectivity index (χ1v) is 8.80. The minimum Gasteiger partial charge on any atom is -0.456 e. The maximum atomic E-state index is 12.0. The van der Waals surface area contributed by atoms with Crippen LogP contribution < -0.4 is 4.90 Å². The van der Waals surface area contributed by atoms with Gasteiger partial charge >= 0.3 is 5.97 Å². The Balaban J connectivity index is 2.05. The summed E-state index contributed by atoms with van der Waals surface area (Å²) in [7, 11) is 1.54. The lowest BCUT2D eigenvalue weighted by molar-refractivity contribution is -0.145. The molecule has 1 fully saturated rings. The summed E-state index contributed by atoms with van der Waals surface area (Å²) in [6, 6.07) is 9.88. The molecule has 5 heteroatoms. The molecular formula is C20H26N2O3.